The van der Waals surface area contributed by atoms with Crippen LogP contribution in [0.15, 0.2) is 24.3 Å². The highest BCUT2D eigenvalue weighted by Gasteiger charge is 2.12. The molecule has 1 saturated carbocycles. The number of phenols is 1. The highest BCUT2D eigenvalue weighted by molar-refractivity contribution is 5.27. The third kappa shape index (κ3) is 5.14. The van der Waals surface area contributed by atoms with Crippen LogP contribution in [0.25, 0.3) is 0 Å². The predicted molar refractivity (Wildman–Crippen MR) is 81.7 cm³/mol. The molecule has 1 fully saturated rings. The quantitative estimate of drug-likeness (QED) is 0.670. The van der Waals surface area contributed by atoms with Gasteiger partial charge in [0, 0.05) is 6.54 Å². The van der Waals surface area contributed by atoms with Crippen LogP contribution in [-0.2, 0) is 0 Å². The summed E-state index contributed by atoms with van der Waals surface area (Å²) in [4.78, 5) is 0. The number of aliphatic hydroxyl groups excluding tert-OH is 1. The second kappa shape index (κ2) is 8.28. The van der Waals surface area contributed by atoms with Crippen molar-refractivity contribution in [2.24, 2.45) is 5.92 Å². The molecule has 0 radical (unpaired) electrons. The standard InChI is InChI=1S/C17H27NO2/c19-16-10-8-15(9-11-16)17(20)13-18-12-4-7-14-5-2-1-3-6-14/h8-11,14,17-20H,1-7,12-13H2. The van der Waals surface area contributed by atoms with Crippen LogP contribution in [0.4, 0.5) is 0 Å². The van der Waals surface area contributed by atoms with Crippen LogP contribution in [0.2, 0.25) is 0 Å². The molecular formula is C17H27NO2. The number of rotatable bonds is 7. The summed E-state index contributed by atoms with van der Waals surface area (Å²) in [6, 6.07) is 6.76. The maximum atomic E-state index is 10.0. The Hall–Kier alpha value is -1.06. The first-order valence-electron chi connectivity index (χ1n) is 7.93. The molecule has 1 atom stereocenters. The van der Waals surface area contributed by atoms with Gasteiger partial charge in [0.2, 0.25) is 0 Å². The van der Waals surface area contributed by atoms with Crippen LogP contribution in [0.1, 0.15) is 56.6 Å². The second-order valence-electron chi connectivity index (χ2n) is 5.96. The van der Waals surface area contributed by atoms with Crippen LogP contribution >= 0.6 is 0 Å². The van der Waals surface area contributed by atoms with E-state index < -0.39 is 6.10 Å². The number of hydrogen-bond donors (Lipinski definition) is 3. The minimum Gasteiger partial charge on any atom is -0.508 e. The molecule has 1 aromatic rings. The fraction of sp³-hybridized carbons (Fsp3) is 0.647. The molecule has 0 bridgehead atoms. The van der Waals surface area contributed by atoms with Gasteiger partial charge in [-0.2, -0.15) is 0 Å². The Balaban J connectivity index is 1.57. The molecule has 20 heavy (non-hydrogen) atoms. The lowest BCUT2D eigenvalue weighted by molar-refractivity contribution is 0.174. The van der Waals surface area contributed by atoms with E-state index in [4.69, 9.17) is 0 Å². The van der Waals surface area contributed by atoms with E-state index in [1.807, 2.05) is 0 Å². The van der Waals surface area contributed by atoms with Crippen LogP contribution in [0.3, 0.4) is 0 Å². The van der Waals surface area contributed by atoms with Gasteiger partial charge >= 0.3 is 0 Å². The van der Waals surface area contributed by atoms with Crippen molar-refractivity contribution in [1.82, 2.24) is 5.32 Å². The molecular weight excluding hydrogens is 250 g/mol. The summed E-state index contributed by atoms with van der Waals surface area (Å²) in [6.45, 7) is 1.56. The Morgan fingerprint density at radius 3 is 2.50 bits per heavy atom. The number of phenolic OH excluding ortho intramolecular Hbond substituents is 1. The summed E-state index contributed by atoms with van der Waals surface area (Å²) in [5.41, 5.74) is 0.850. The van der Waals surface area contributed by atoms with E-state index in [9.17, 15) is 10.2 Å². The number of nitrogens with one attached hydrogen (secondary N) is 1. The third-order valence-corrected chi connectivity index (χ3v) is 4.31. The Labute approximate surface area is 122 Å². The average molecular weight is 277 g/mol. The van der Waals surface area contributed by atoms with E-state index >= 15 is 0 Å². The van der Waals surface area contributed by atoms with E-state index in [0.29, 0.717) is 6.54 Å². The summed E-state index contributed by atoms with van der Waals surface area (Å²) in [5, 5.41) is 22.6. The van der Waals surface area contributed by atoms with E-state index in [0.717, 1.165) is 18.0 Å². The fourth-order valence-corrected chi connectivity index (χ4v) is 3.04. The van der Waals surface area contributed by atoms with Crippen LogP contribution in [0.5, 0.6) is 5.75 Å². The van der Waals surface area contributed by atoms with Crippen LogP contribution in [-0.4, -0.2) is 23.3 Å². The maximum Gasteiger partial charge on any atom is 0.115 e. The summed E-state index contributed by atoms with van der Waals surface area (Å²) >= 11 is 0. The highest BCUT2D eigenvalue weighted by atomic mass is 16.3. The minimum absolute atomic E-state index is 0.237. The Kier molecular flexibility index (Phi) is 6.34. The van der Waals surface area contributed by atoms with Gasteiger partial charge in [-0.25, -0.2) is 0 Å². The molecule has 3 nitrogen and oxygen atoms in total. The molecule has 0 aliphatic heterocycles. The van der Waals surface area contributed by atoms with Gasteiger partial charge in [-0.1, -0.05) is 44.2 Å². The molecule has 1 aromatic carbocycles. The molecule has 1 unspecified atom stereocenters. The second-order valence-corrected chi connectivity index (χ2v) is 5.96. The first kappa shape index (κ1) is 15.3. The predicted octanol–water partition coefficient (Wildman–Crippen LogP) is 3.38. The van der Waals surface area contributed by atoms with Gasteiger partial charge in [-0.05, 0) is 43.0 Å². The molecule has 112 valence electrons. The van der Waals surface area contributed by atoms with Crippen molar-refractivity contribution in [3.05, 3.63) is 29.8 Å². The van der Waals surface area contributed by atoms with Gasteiger partial charge in [0.05, 0.1) is 6.10 Å². The minimum atomic E-state index is -0.495. The average Bonchev–Trinajstić information content (AvgIpc) is 2.48. The van der Waals surface area contributed by atoms with Crippen molar-refractivity contribution < 1.29 is 10.2 Å². The normalized spacial score (nSPS) is 18.1. The van der Waals surface area contributed by atoms with Crippen molar-refractivity contribution in [1.29, 1.82) is 0 Å². The van der Waals surface area contributed by atoms with Gasteiger partial charge in [0.25, 0.3) is 0 Å². The van der Waals surface area contributed by atoms with Crippen molar-refractivity contribution in [3.8, 4) is 5.75 Å². The maximum absolute atomic E-state index is 10.0. The molecule has 0 amide bonds. The SMILES string of the molecule is Oc1ccc(C(O)CNCCCC2CCCCC2)cc1. The van der Waals surface area contributed by atoms with Crippen molar-refractivity contribution >= 4 is 0 Å². The van der Waals surface area contributed by atoms with E-state index in [2.05, 4.69) is 5.32 Å². The van der Waals surface area contributed by atoms with Crippen LogP contribution in [0, 0.1) is 5.92 Å². The molecule has 0 heterocycles. The third-order valence-electron chi connectivity index (χ3n) is 4.31. The lowest BCUT2D eigenvalue weighted by Gasteiger charge is -2.21. The van der Waals surface area contributed by atoms with Gasteiger partial charge < -0.3 is 15.5 Å². The molecule has 0 spiro atoms. The molecule has 2 rings (SSSR count). The topological polar surface area (TPSA) is 52.5 Å². The van der Waals surface area contributed by atoms with Gasteiger partial charge in [0.15, 0.2) is 0 Å². The number of aromatic hydroxyl groups is 1. The Morgan fingerprint density at radius 1 is 1.10 bits per heavy atom. The van der Waals surface area contributed by atoms with Crippen LogP contribution < -0.4 is 5.32 Å². The summed E-state index contributed by atoms with van der Waals surface area (Å²) < 4.78 is 0. The molecule has 0 saturated heterocycles. The Bertz CT molecular complexity index is 371. The number of benzene rings is 1. The molecule has 3 N–H and O–H groups in total. The lowest BCUT2D eigenvalue weighted by Crippen LogP contribution is -2.23. The molecule has 1 aliphatic rings. The number of aliphatic hydroxyl groups is 1. The summed E-state index contributed by atoms with van der Waals surface area (Å²) in [5.74, 6) is 1.17. The zero-order chi connectivity index (χ0) is 14.2. The van der Waals surface area contributed by atoms with E-state index in [-0.39, 0.29) is 5.75 Å². The zero-order valence-corrected chi connectivity index (χ0v) is 12.2. The number of hydrogen-bond acceptors (Lipinski definition) is 3. The first-order valence-corrected chi connectivity index (χ1v) is 7.93. The van der Waals surface area contributed by atoms with Crippen molar-refractivity contribution in [2.75, 3.05) is 13.1 Å². The van der Waals surface area contributed by atoms with Gasteiger partial charge in [-0.3, -0.25) is 0 Å². The molecule has 3 heteroatoms. The van der Waals surface area contributed by atoms with Gasteiger partial charge in [0.1, 0.15) is 5.75 Å². The van der Waals surface area contributed by atoms with Crippen molar-refractivity contribution in [3.63, 3.8) is 0 Å². The molecule has 1 aliphatic carbocycles. The Morgan fingerprint density at radius 2 is 1.80 bits per heavy atom. The smallest absolute Gasteiger partial charge is 0.115 e. The largest absolute Gasteiger partial charge is 0.508 e. The van der Waals surface area contributed by atoms with E-state index in [1.165, 1.54) is 44.9 Å². The zero-order valence-electron chi connectivity index (χ0n) is 12.2. The lowest BCUT2D eigenvalue weighted by atomic mass is 9.86. The summed E-state index contributed by atoms with van der Waals surface area (Å²) in [6.07, 6.45) is 9.11. The fourth-order valence-electron chi connectivity index (χ4n) is 3.04. The van der Waals surface area contributed by atoms with Crippen molar-refractivity contribution in [2.45, 2.75) is 51.0 Å². The van der Waals surface area contributed by atoms with E-state index in [1.54, 1.807) is 24.3 Å². The van der Waals surface area contributed by atoms with Gasteiger partial charge in [-0.15, -0.1) is 0 Å². The summed E-state index contributed by atoms with van der Waals surface area (Å²) in [7, 11) is 0. The highest BCUT2D eigenvalue weighted by Crippen LogP contribution is 2.27. The first-order chi connectivity index (χ1) is 9.75. The monoisotopic (exact) mass is 277 g/mol. The molecule has 0 aromatic heterocycles.